The normalized spacial score (nSPS) is 10.7. The SMILES string of the molecule is CN(C)Cc1c[nH]c(N)n1.COc1cc(OC)c(Cl)c(-c2ccc(C(=O)O)c3nccnc23)c1Cl. The number of fused-ring (bicyclic) bond motifs is 1. The van der Waals surface area contributed by atoms with E-state index in [0.29, 0.717) is 34.1 Å². The van der Waals surface area contributed by atoms with E-state index in [0.717, 1.165) is 12.2 Å². The van der Waals surface area contributed by atoms with Crippen LogP contribution in [-0.2, 0) is 6.54 Å². The molecule has 0 aliphatic rings. The van der Waals surface area contributed by atoms with Gasteiger partial charge in [0.1, 0.15) is 17.0 Å². The first-order valence-corrected chi connectivity index (χ1v) is 10.9. The lowest BCUT2D eigenvalue weighted by molar-refractivity contribution is 0.0699. The van der Waals surface area contributed by atoms with Gasteiger partial charge in [-0.3, -0.25) is 9.97 Å². The number of nitrogens with two attached hydrogens (primary N) is 1. The number of carboxylic acids is 1. The van der Waals surface area contributed by atoms with E-state index in [2.05, 4.69) is 19.9 Å². The minimum absolute atomic E-state index is 0.0361. The molecule has 0 spiro atoms. The van der Waals surface area contributed by atoms with Crippen molar-refractivity contribution in [3.05, 3.63) is 58.1 Å². The fraction of sp³-hybridized carbons (Fsp3) is 0.217. The Kier molecular flexibility index (Phi) is 8.34. The van der Waals surface area contributed by atoms with Crippen LogP contribution in [-0.4, -0.2) is 64.2 Å². The van der Waals surface area contributed by atoms with Crippen LogP contribution in [0.2, 0.25) is 10.0 Å². The molecule has 0 amide bonds. The van der Waals surface area contributed by atoms with E-state index in [1.807, 2.05) is 25.2 Å². The molecule has 2 aromatic heterocycles. The Morgan fingerprint density at radius 3 is 2.17 bits per heavy atom. The number of hydrogen-bond acceptors (Lipinski definition) is 8. The molecule has 4 aromatic rings. The molecule has 0 unspecified atom stereocenters. The molecule has 0 saturated heterocycles. The lowest BCUT2D eigenvalue weighted by Crippen LogP contribution is -2.10. The molecule has 0 saturated carbocycles. The summed E-state index contributed by atoms with van der Waals surface area (Å²) in [7, 11) is 6.93. The fourth-order valence-corrected chi connectivity index (χ4v) is 4.04. The summed E-state index contributed by atoms with van der Waals surface area (Å²) in [6.07, 6.45) is 4.71. The number of methoxy groups -OCH3 is 2. The molecule has 35 heavy (non-hydrogen) atoms. The number of H-pyrrole nitrogens is 1. The van der Waals surface area contributed by atoms with Crippen molar-refractivity contribution in [3.8, 4) is 22.6 Å². The third kappa shape index (κ3) is 5.73. The first kappa shape index (κ1) is 26.0. The van der Waals surface area contributed by atoms with Gasteiger partial charge in [-0.25, -0.2) is 9.78 Å². The van der Waals surface area contributed by atoms with Crippen LogP contribution in [0.15, 0.2) is 36.8 Å². The van der Waals surface area contributed by atoms with E-state index in [1.54, 1.807) is 12.1 Å². The van der Waals surface area contributed by atoms with Crippen molar-refractivity contribution in [2.24, 2.45) is 0 Å². The summed E-state index contributed by atoms with van der Waals surface area (Å²) in [4.78, 5) is 28.7. The predicted octanol–water partition coefficient (Wildman–Crippen LogP) is 4.37. The van der Waals surface area contributed by atoms with E-state index in [4.69, 9.17) is 38.4 Å². The largest absolute Gasteiger partial charge is 0.495 e. The van der Waals surface area contributed by atoms with Crippen LogP contribution in [0.4, 0.5) is 5.95 Å². The zero-order chi connectivity index (χ0) is 25.7. The summed E-state index contributed by atoms with van der Waals surface area (Å²) in [6.45, 7) is 0.827. The number of nitrogen functional groups attached to an aromatic ring is 1. The van der Waals surface area contributed by atoms with E-state index < -0.39 is 5.97 Å². The van der Waals surface area contributed by atoms with Gasteiger partial charge in [-0.05, 0) is 20.2 Å². The van der Waals surface area contributed by atoms with Crippen LogP contribution >= 0.6 is 23.2 Å². The zero-order valence-electron chi connectivity index (χ0n) is 19.5. The summed E-state index contributed by atoms with van der Waals surface area (Å²) in [5.74, 6) is 0.129. The van der Waals surface area contributed by atoms with Crippen molar-refractivity contribution >= 4 is 46.2 Å². The van der Waals surface area contributed by atoms with Crippen molar-refractivity contribution in [1.82, 2.24) is 24.8 Å². The number of hydrogen-bond donors (Lipinski definition) is 3. The number of imidazole rings is 1. The number of anilines is 1. The lowest BCUT2D eigenvalue weighted by atomic mass is 10.00. The summed E-state index contributed by atoms with van der Waals surface area (Å²) in [6, 6.07) is 4.60. The molecule has 0 radical (unpaired) electrons. The van der Waals surface area contributed by atoms with Crippen molar-refractivity contribution in [3.63, 3.8) is 0 Å². The third-order valence-electron chi connectivity index (χ3n) is 4.83. The third-order valence-corrected chi connectivity index (χ3v) is 5.58. The Balaban J connectivity index is 0.000000287. The standard InChI is InChI=1S/C17H12Cl2N2O4.C6H12N4/c1-24-10-7-11(25-2)14(19)12(13(10)18)8-3-4-9(17(22)23)16-15(8)20-5-6-21-16;1-10(2)4-5-3-8-6(7)9-5/h3-7H,1-2H3,(H,22,23);3H,4H2,1-2H3,(H3,7,8,9). The molecule has 10 nitrogen and oxygen atoms in total. The molecule has 0 aliphatic carbocycles. The van der Waals surface area contributed by atoms with Crippen LogP contribution in [0.1, 0.15) is 16.1 Å². The maximum Gasteiger partial charge on any atom is 0.337 e. The molecule has 4 rings (SSSR count). The van der Waals surface area contributed by atoms with Crippen LogP contribution < -0.4 is 15.2 Å². The van der Waals surface area contributed by atoms with Gasteiger partial charge in [0.05, 0.1) is 41.0 Å². The second-order valence-corrected chi connectivity index (χ2v) is 8.27. The number of carbonyl (C=O) groups is 1. The topological polar surface area (TPSA) is 139 Å². The highest BCUT2D eigenvalue weighted by Gasteiger charge is 2.22. The van der Waals surface area contributed by atoms with Gasteiger partial charge >= 0.3 is 5.97 Å². The molecule has 12 heteroatoms. The molecule has 0 bridgehead atoms. The Bertz CT molecular complexity index is 1330. The average Bonchev–Trinajstić information content (AvgIpc) is 3.23. The predicted molar refractivity (Wildman–Crippen MR) is 135 cm³/mol. The van der Waals surface area contributed by atoms with E-state index in [9.17, 15) is 9.90 Å². The van der Waals surface area contributed by atoms with Gasteiger partial charge in [-0.1, -0.05) is 29.3 Å². The Morgan fingerprint density at radius 2 is 1.69 bits per heavy atom. The summed E-state index contributed by atoms with van der Waals surface area (Å²) < 4.78 is 10.6. The van der Waals surface area contributed by atoms with E-state index >= 15 is 0 Å². The number of halogens is 2. The molecule has 4 N–H and O–H groups in total. The van der Waals surface area contributed by atoms with Gasteiger partial charge in [-0.2, -0.15) is 0 Å². The molecule has 184 valence electrons. The maximum atomic E-state index is 11.4. The molecule has 0 atom stereocenters. The van der Waals surface area contributed by atoms with Crippen LogP contribution in [0.5, 0.6) is 11.5 Å². The first-order chi connectivity index (χ1) is 16.7. The van der Waals surface area contributed by atoms with Gasteiger partial charge < -0.3 is 30.2 Å². The highest BCUT2D eigenvalue weighted by molar-refractivity contribution is 6.41. The summed E-state index contributed by atoms with van der Waals surface area (Å²) in [5, 5.41) is 9.89. The summed E-state index contributed by atoms with van der Waals surface area (Å²) >= 11 is 12.9. The number of rotatable bonds is 6. The molecule has 2 heterocycles. The lowest BCUT2D eigenvalue weighted by Gasteiger charge is -2.16. The van der Waals surface area contributed by atoms with Crippen molar-refractivity contribution in [1.29, 1.82) is 0 Å². The number of nitrogens with zero attached hydrogens (tertiary/aromatic N) is 4. The number of ether oxygens (including phenoxy) is 2. The Labute approximate surface area is 211 Å². The van der Waals surface area contributed by atoms with Gasteiger partial charge in [-0.15, -0.1) is 0 Å². The quantitative estimate of drug-likeness (QED) is 0.339. The fourth-order valence-electron chi connectivity index (χ4n) is 3.33. The van der Waals surface area contributed by atoms with Gasteiger partial charge in [0.15, 0.2) is 5.95 Å². The van der Waals surface area contributed by atoms with E-state index in [-0.39, 0.29) is 21.1 Å². The van der Waals surface area contributed by atoms with Crippen LogP contribution in [0.25, 0.3) is 22.2 Å². The highest BCUT2D eigenvalue weighted by atomic mass is 35.5. The smallest absolute Gasteiger partial charge is 0.337 e. The number of carboxylic acid groups (broad SMARTS) is 1. The Hall–Kier alpha value is -3.60. The minimum atomic E-state index is -1.10. The Morgan fingerprint density at radius 1 is 1.09 bits per heavy atom. The van der Waals surface area contributed by atoms with Crippen molar-refractivity contribution < 1.29 is 19.4 Å². The molecule has 0 fully saturated rings. The number of benzene rings is 2. The first-order valence-electron chi connectivity index (χ1n) is 10.2. The molecule has 2 aromatic carbocycles. The summed E-state index contributed by atoms with van der Waals surface area (Å²) in [5.41, 5.74) is 7.94. The molecule has 0 aliphatic heterocycles. The van der Waals surface area contributed by atoms with Crippen molar-refractivity contribution in [2.75, 3.05) is 34.0 Å². The van der Waals surface area contributed by atoms with Gasteiger partial charge in [0.2, 0.25) is 0 Å². The van der Waals surface area contributed by atoms with Crippen LogP contribution in [0, 0.1) is 0 Å². The number of aromatic nitrogens is 4. The number of aromatic carboxylic acids is 1. The second-order valence-electron chi connectivity index (χ2n) is 7.52. The number of nitrogens with one attached hydrogen (secondary N) is 1. The molecular weight excluding hydrogens is 495 g/mol. The van der Waals surface area contributed by atoms with Gasteiger partial charge in [0, 0.05) is 42.3 Å². The molecular formula is C23H24Cl2N6O4. The maximum absolute atomic E-state index is 11.4. The van der Waals surface area contributed by atoms with E-state index in [1.165, 1.54) is 32.7 Å². The second kappa shape index (κ2) is 11.2. The minimum Gasteiger partial charge on any atom is -0.495 e. The number of aromatic amines is 1. The highest BCUT2D eigenvalue weighted by Crippen LogP contribution is 2.47. The monoisotopic (exact) mass is 518 g/mol. The van der Waals surface area contributed by atoms with Crippen molar-refractivity contribution in [2.45, 2.75) is 6.54 Å². The van der Waals surface area contributed by atoms with Gasteiger partial charge in [0.25, 0.3) is 0 Å². The van der Waals surface area contributed by atoms with Crippen LogP contribution in [0.3, 0.4) is 0 Å². The zero-order valence-corrected chi connectivity index (χ0v) is 21.0. The average molecular weight is 519 g/mol.